The molecule has 0 bridgehead atoms. The van der Waals surface area contributed by atoms with Gasteiger partial charge in [0.1, 0.15) is 11.5 Å². The third-order valence-electron chi connectivity index (χ3n) is 5.80. The zero-order valence-corrected chi connectivity index (χ0v) is 19.0. The van der Waals surface area contributed by atoms with E-state index in [2.05, 4.69) is 13.8 Å². The molecule has 0 radical (unpaired) electrons. The topological polar surface area (TPSA) is 66.8 Å². The number of carbonyl (C=O) groups excluding carboxylic acids is 2. The Balaban J connectivity index is 1.91. The number of aliphatic hydroxyl groups is 1. The van der Waals surface area contributed by atoms with Gasteiger partial charge in [-0.1, -0.05) is 69.9 Å². The third-order valence-corrected chi connectivity index (χ3v) is 5.80. The number of Topliss-reactive ketones (excluding diaryl/α,β-unsaturated/α-hetero) is 1. The Morgan fingerprint density at radius 1 is 0.906 bits per heavy atom. The van der Waals surface area contributed by atoms with Gasteiger partial charge in [-0.25, -0.2) is 0 Å². The number of benzene rings is 2. The molecule has 1 atom stereocenters. The smallest absolute Gasteiger partial charge is 0.295 e. The van der Waals surface area contributed by atoms with Crippen molar-refractivity contribution in [2.45, 2.75) is 58.4 Å². The van der Waals surface area contributed by atoms with Gasteiger partial charge in [-0.2, -0.15) is 0 Å². The van der Waals surface area contributed by atoms with E-state index in [0.29, 0.717) is 18.7 Å². The van der Waals surface area contributed by atoms with E-state index in [1.807, 2.05) is 30.3 Å². The minimum absolute atomic E-state index is 0.146. The fourth-order valence-electron chi connectivity index (χ4n) is 4.03. The summed E-state index contributed by atoms with van der Waals surface area (Å²) >= 11 is 0. The molecule has 1 aliphatic rings. The number of rotatable bonds is 11. The third kappa shape index (κ3) is 5.39. The normalized spacial score (nSPS) is 17.7. The first kappa shape index (κ1) is 23.6. The summed E-state index contributed by atoms with van der Waals surface area (Å²) in [5.74, 6) is -0.606. The highest BCUT2D eigenvalue weighted by Crippen LogP contribution is 2.39. The predicted molar refractivity (Wildman–Crippen MR) is 126 cm³/mol. The van der Waals surface area contributed by atoms with Crippen LogP contribution in [0.2, 0.25) is 0 Å². The number of likely N-dealkylation sites (tertiary alicyclic amines) is 1. The lowest BCUT2D eigenvalue weighted by Gasteiger charge is -2.25. The highest BCUT2D eigenvalue weighted by molar-refractivity contribution is 6.46. The van der Waals surface area contributed by atoms with Gasteiger partial charge in [-0.3, -0.25) is 9.59 Å². The van der Waals surface area contributed by atoms with Gasteiger partial charge >= 0.3 is 0 Å². The molecule has 0 aliphatic carbocycles. The second-order valence-corrected chi connectivity index (χ2v) is 8.19. The van der Waals surface area contributed by atoms with E-state index in [1.165, 1.54) is 0 Å². The van der Waals surface area contributed by atoms with Crippen LogP contribution in [0.5, 0.6) is 5.75 Å². The molecular weight excluding hydrogens is 402 g/mol. The van der Waals surface area contributed by atoms with Gasteiger partial charge in [0.15, 0.2) is 0 Å². The molecular formula is C27H33NO4. The molecule has 170 valence electrons. The van der Waals surface area contributed by atoms with Crippen molar-refractivity contribution in [1.82, 2.24) is 4.90 Å². The van der Waals surface area contributed by atoms with Crippen LogP contribution in [-0.2, 0) is 9.59 Å². The molecule has 5 heteroatoms. The first-order valence-corrected chi connectivity index (χ1v) is 11.6. The Kier molecular flexibility index (Phi) is 8.48. The number of aliphatic hydroxyl groups excluding tert-OH is 1. The second-order valence-electron chi connectivity index (χ2n) is 8.19. The summed E-state index contributed by atoms with van der Waals surface area (Å²) in [6, 6.07) is 15.9. The Labute approximate surface area is 190 Å². The molecule has 1 aliphatic heterocycles. The highest BCUT2D eigenvalue weighted by Gasteiger charge is 2.45. The van der Waals surface area contributed by atoms with E-state index in [4.69, 9.17) is 4.74 Å². The monoisotopic (exact) mass is 435 g/mol. The molecule has 3 rings (SSSR count). The van der Waals surface area contributed by atoms with Crippen molar-refractivity contribution in [1.29, 1.82) is 0 Å². The number of hydrogen-bond acceptors (Lipinski definition) is 4. The summed E-state index contributed by atoms with van der Waals surface area (Å²) in [7, 11) is 0. The van der Waals surface area contributed by atoms with E-state index >= 15 is 0 Å². The van der Waals surface area contributed by atoms with Crippen LogP contribution in [0.4, 0.5) is 0 Å². The Morgan fingerprint density at radius 3 is 2.22 bits per heavy atom. The second kappa shape index (κ2) is 11.5. The van der Waals surface area contributed by atoms with Gasteiger partial charge in [0.2, 0.25) is 0 Å². The predicted octanol–water partition coefficient (Wildman–Crippen LogP) is 5.87. The van der Waals surface area contributed by atoms with Crippen LogP contribution in [0.3, 0.4) is 0 Å². The number of carbonyl (C=O) groups is 2. The zero-order valence-electron chi connectivity index (χ0n) is 19.0. The fraction of sp³-hybridized carbons (Fsp3) is 0.407. The van der Waals surface area contributed by atoms with Crippen LogP contribution in [-0.4, -0.2) is 34.8 Å². The maximum Gasteiger partial charge on any atom is 0.295 e. The standard InChI is InChI=1S/C27H33NO4/c1-3-5-10-18-28-24(20-12-8-7-9-13-20)23(26(30)27(28)31)25(29)21-14-16-22(17-15-21)32-19-11-6-4-2/h7-9,12-17,24,29H,3-6,10-11,18-19H2,1-2H3/b25-23-. The molecule has 1 amide bonds. The number of hydrogen-bond donors (Lipinski definition) is 1. The van der Waals surface area contributed by atoms with Gasteiger partial charge < -0.3 is 14.7 Å². The number of nitrogens with zero attached hydrogens (tertiary/aromatic N) is 1. The molecule has 0 saturated carbocycles. The van der Waals surface area contributed by atoms with Crippen LogP contribution in [0.1, 0.15) is 69.5 Å². The van der Waals surface area contributed by atoms with E-state index in [1.54, 1.807) is 29.2 Å². The van der Waals surface area contributed by atoms with E-state index in [9.17, 15) is 14.7 Å². The molecule has 1 heterocycles. The van der Waals surface area contributed by atoms with Crippen molar-refractivity contribution in [3.8, 4) is 5.75 Å². The van der Waals surface area contributed by atoms with Crippen molar-refractivity contribution in [3.63, 3.8) is 0 Å². The molecule has 2 aromatic rings. The Bertz CT molecular complexity index is 934. The van der Waals surface area contributed by atoms with E-state index in [0.717, 1.165) is 49.8 Å². The molecule has 1 saturated heterocycles. The van der Waals surface area contributed by atoms with Crippen molar-refractivity contribution in [2.24, 2.45) is 0 Å². The van der Waals surface area contributed by atoms with Crippen LogP contribution in [0.25, 0.3) is 5.76 Å². The van der Waals surface area contributed by atoms with Gasteiger partial charge in [0.05, 0.1) is 18.2 Å². The fourth-order valence-corrected chi connectivity index (χ4v) is 4.03. The zero-order chi connectivity index (χ0) is 22.9. The highest BCUT2D eigenvalue weighted by atomic mass is 16.5. The van der Waals surface area contributed by atoms with E-state index in [-0.39, 0.29) is 11.3 Å². The molecule has 0 spiro atoms. The molecule has 1 fully saturated rings. The van der Waals surface area contributed by atoms with Crippen molar-refractivity contribution < 1.29 is 19.4 Å². The van der Waals surface area contributed by atoms with Gasteiger partial charge in [-0.15, -0.1) is 0 Å². The largest absolute Gasteiger partial charge is 0.507 e. The molecule has 32 heavy (non-hydrogen) atoms. The molecule has 0 aromatic heterocycles. The Morgan fingerprint density at radius 2 is 1.56 bits per heavy atom. The number of ether oxygens (including phenoxy) is 1. The first-order valence-electron chi connectivity index (χ1n) is 11.6. The number of ketones is 1. The number of unbranched alkanes of at least 4 members (excludes halogenated alkanes) is 4. The lowest BCUT2D eigenvalue weighted by molar-refractivity contribution is -0.139. The van der Waals surface area contributed by atoms with Crippen LogP contribution < -0.4 is 4.74 Å². The SMILES string of the molecule is CCCCCOc1ccc(/C(O)=C2/C(=O)C(=O)N(CCCCC)C2c2ccccc2)cc1. The summed E-state index contributed by atoms with van der Waals surface area (Å²) < 4.78 is 5.74. The number of amides is 1. The quantitative estimate of drug-likeness (QED) is 0.208. The minimum Gasteiger partial charge on any atom is -0.507 e. The average molecular weight is 436 g/mol. The van der Waals surface area contributed by atoms with Gasteiger partial charge in [-0.05, 0) is 42.7 Å². The lowest BCUT2D eigenvalue weighted by Crippen LogP contribution is -2.30. The summed E-state index contributed by atoms with van der Waals surface area (Å²) in [4.78, 5) is 27.5. The Hall–Kier alpha value is -3.08. The van der Waals surface area contributed by atoms with Crippen LogP contribution in [0, 0.1) is 0 Å². The van der Waals surface area contributed by atoms with E-state index < -0.39 is 17.7 Å². The maximum atomic E-state index is 13.0. The summed E-state index contributed by atoms with van der Waals surface area (Å²) in [6.07, 6.45) is 6.07. The lowest BCUT2D eigenvalue weighted by atomic mass is 9.95. The van der Waals surface area contributed by atoms with Crippen LogP contribution >= 0.6 is 0 Å². The average Bonchev–Trinajstić information content (AvgIpc) is 3.07. The minimum atomic E-state index is -0.632. The summed E-state index contributed by atoms with van der Waals surface area (Å²) in [6.45, 7) is 5.38. The molecule has 2 aromatic carbocycles. The van der Waals surface area contributed by atoms with Crippen molar-refractivity contribution >= 4 is 17.4 Å². The summed E-state index contributed by atoms with van der Waals surface area (Å²) in [5, 5.41) is 11.1. The molecule has 1 N–H and O–H groups in total. The van der Waals surface area contributed by atoms with Crippen molar-refractivity contribution in [2.75, 3.05) is 13.2 Å². The maximum absolute atomic E-state index is 13.0. The van der Waals surface area contributed by atoms with Crippen molar-refractivity contribution in [3.05, 3.63) is 71.3 Å². The van der Waals surface area contributed by atoms with Gasteiger partial charge in [0.25, 0.3) is 11.7 Å². The first-order chi connectivity index (χ1) is 15.6. The summed E-state index contributed by atoms with van der Waals surface area (Å²) in [5.41, 5.74) is 1.47. The molecule has 1 unspecified atom stereocenters. The molecule has 5 nitrogen and oxygen atoms in total. The van der Waals surface area contributed by atoms with Gasteiger partial charge in [0, 0.05) is 12.1 Å². The van der Waals surface area contributed by atoms with Crippen LogP contribution in [0.15, 0.2) is 60.2 Å².